The van der Waals surface area contributed by atoms with Crippen LogP contribution in [0, 0.1) is 5.41 Å². The van der Waals surface area contributed by atoms with Crippen LogP contribution in [0.15, 0.2) is 0 Å². The van der Waals surface area contributed by atoms with E-state index in [2.05, 4.69) is 0 Å². The summed E-state index contributed by atoms with van der Waals surface area (Å²) in [5.74, 6) is 0. The fourth-order valence-corrected chi connectivity index (χ4v) is 1.86. The lowest BCUT2D eigenvalue weighted by molar-refractivity contribution is 0.120. The molecule has 8 heavy (non-hydrogen) atoms. The smallest absolute Gasteiger partial charge is 0.0596 e. The maximum Gasteiger partial charge on any atom is 0.0596 e. The molecule has 0 aromatic rings. The minimum atomic E-state index is 0.0718. The Labute approximate surface area is 49.7 Å². The second-order valence-corrected chi connectivity index (χ2v) is 3.27. The van der Waals surface area contributed by atoms with E-state index in [4.69, 9.17) is 0 Å². The summed E-state index contributed by atoms with van der Waals surface area (Å²) in [6.07, 6.45) is 6.31. The third-order valence-corrected chi connectivity index (χ3v) is 2.75. The first-order valence-corrected chi connectivity index (χ1v) is 3.52. The molecule has 0 aromatic carbocycles. The third kappa shape index (κ3) is 0.455. The van der Waals surface area contributed by atoms with Gasteiger partial charge in [0.1, 0.15) is 0 Å². The Morgan fingerprint density at radius 3 is 2.25 bits per heavy atom. The Balaban J connectivity index is 2.12. The minimum absolute atomic E-state index is 0.0718. The molecule has 0 heterocycles. The van der Waals surface area contributed by atoms with Gasteiger partial charge in [0.05, 0.1) is 6.10 Å². The van der Waals surface area contributed by atoms with Crippen molar-refractivity contribution in [2.24, 2.45) is 5.41 Å². The van der Waals surface area contributed by atoms with E-state index in [0.717, 1.165) is 6.42 Å². The Morgan fingerprint density at radius 1 is 1.25 bits per heavy atom. The molecule has 0 amide bonds. The zero-order valence-corrected chi connectivity index (χ0v) is 5.06. The van der Waals surface area contributed by atoms with E-state index in [9.17, 15) is 5.11 Å². The summed E-state index contributed by atoms with van der Waals surface area (Å²) in [4.78, 5) is 0. The monoisotopic (exact) mass is 112 g/mol. The van der Waals surface area contributed by atoms with Gasteiger partial charge in [-0.1, -0.05) is 6.42 Å². The first kappa shape index (κ1) is 4.80. The molecular formula is C7H12O. The van der Waals surface area contributed by atoms with Crippen molar-refractivity contribution in [3.8, 4) is 0 Å². The van der Waals surface area contributed by atoms with Crippen LogP contribution in [0.25, 0.3) is 0 Å². The second-order valence-electron chi connectivity index (χ2n) is 3.27. The normalized spacial score (nSPS) is 40.9. The minimum Gasteiger partial charge on any atom is -0.393 e. The summed E-state index contributed by atoms with van der Waals surface area (Å²) in [6, 6.07) is 0. The van der Waals surface area contributed by atoms with Gasteiger partial charge in [0, 0.05) is 0 Å². The first-order chi connectivity index (χ1) is 3.83. The Bertz CT molecular complexity index is 105. The third-order valence-electron chi connectivity index (χ3n) is 2.75. The molecule has 0 aromatic heterocycles. The predicted molar refractivity (Wildman–Crippen MR) is 31.5 cm³/mol. The van der Waals surface area contributed by atoms with E-state index in [1.807, 2.05) is 0 Å². The Morgan fingerprint density at radius 2 is 2.00 bits per heavy atom. The van der Waals surface area contributed by atoms with Gasteiger partial charge in [0.15, 0.2) is 0 Å². The largest absolute Gasteiger partial charge is 0.393 e. The maximum atomic E-state index is 9.32. The molecule has 0 aliphatic heterocycles. The molecule has 1 nitrogen and oxygen atoms in total. The zero-order chi connectivity index (χ0) is 5.61. The molecule has 46 valence electrons. The number of aliphatic hydroxyl groups is 1. The van der Waals surface area contributed by atoms with Gasteiger partial charge in [-0.05, 0) is 31.1 Å². The highest BCUT2D eigenvalue weighted by Gasteiger charge is 2.51. The second kappa shape index (κ2) is 1.27. The summed E-state index contributed by atoms with van der Waals surface area (Å²) in [5.41, 5.74) is 0.458. The fourth-order valence-electron chi connectivity index (χ4n) is 1.86. The summed E-state index contributed by atoms with van der Waals surface area (Å²) in [5, 5.41) is 9.32. The van der Waals surface area contributed by atoms with Crippen LogP contribution in [0.4, 0.5) is 0 Å². The summed E-state index contributed by atoms with van der Waals surface area (Å²) < 4.78 is 0. The van der Waals surface area contributed by atoms with Crippen molar-refractivity contribution in [3.63, 3.8) is 0 Å². The Hall–Kier alpha value is -0.0400. The van der Waals surface area contributed by atoms with Crippen LogP contribution in [0.3, 0.4) is 0 Å². The highest BCUT2D eigenvalue weighted by Crippen LogP contribution is 2.57. The van der Waals surface area contributed by atoms with E-state index in [-0.39, 0.29) is 6.10 Å². The molecule has 2 saturated carbocycles. The number of aliphatic hydroxyl groups excluding tert-OH is 1. The molecule has 1 N–H and O–H groups in total. The molecule has 2 fully saturated rings. The molecular weight excluding hydrogens is 100 g/mol. The standard InChI is InChI=1S/C7H12O/c8-6-2-1-3-7(6)4-5-7/h6,8H,1-5H2/t6-/m0/s1. The van der Waals surface area contributed by atoms with Crippen molar-refractivity contribution in [2.45, 2.75) is 38.2 Å². The quantitative estimate of drug-likeness (QED) is 0.501. The van der Waals surface area contributed by atoms with E-state index < -0.39 is 0 Å². The van der Waals surface area contributed by atoms with Crippen LogP contribution in [-0.2, 0) is 0 Å². The lowest BCUT2D eigenvalue weighted by Crippen LogP contribution is -2.12. The molecule has 2 aliphatic rings. The zero-order valence-electron chi connectivity index (χ0n) is 5.06. The van der Waals surface area contributed by atoms with E-state index in [1.165, 1.54) is 25.7 Å². The van der Waals surface area contributed by atoms with Gasteiger partial charge in [-0.25, -0.2) is 0 Å². The average Bonchev–Trinajstić information content (AvgIpc) is 2.39. The van der Waals surface area contributed by atoms with E-state index >= 15 is 0 Å². The van der Waals surface area contributed by atoms with Crippen LogP contribution in [0.2, 0.25) is 0 Å². The van der Waals surface area contributed by atoms with Gasteiger partial charge < -0.3 is 5.11 Å². The molecule has 0 radical (unpaired) electrons. The topological polar surface area (TPSA) is 20.2 Å². The van der Waals surface area contributed by atoms with Crippen LogP contribution >= 0.6 is 0 Å². The van der Waals surface area contributed by atoms with Crippen molar-refractivity contribution >= 4 is 0 Å². The fraction of sp³-hybridized carbons (Fsp3) is 1.00. The SMILES string of the molecule is O[C@H]1CCCC12CC2. The molecule has 2 rings (SSSR count). The molecule has 0 bridgehead atoms. The molecule has 0 unspecified atom stereocenters. The Kier molecular flexibility index (Phi) is 0.762. The summed E-state index contributed by atoms with van der Waals surface area (Å²) in [7, 11) is 0. The molecule has 1 heteroatoms. The highest BCUT2D eigenvalue weighted by molar-refractivity contribution is 5.02. The van der Waals surface area contributed by atoms with Crippen LogP contribution in [-0.4, -0.2) is 11.2 Å². The van der Waals surface area contributed by atoms with E-state index in [1.54, 1.807) is 0 Å². The number of hydrogen-bond acceptors (Lipinski definition) is 1. The van der Waals surface area contributed by atoms with Crippen LogP contribution in [0.5, 0.6) is 0 Å². The van der Waals surface area contributed by atoms with Crippen molar-refractivity contribution < 1.29 is 5.11 Å². The lowest BCUT2D eigenvalue weighted by atomic mass is 10.0. The highest BCUT2D eigenvalue weighted by atomic mass is 16.3. The summed E-state index contributed by atoms with van der Waals surface area (Å²) in [6.45, 7) is 0. The van der Waals surface area contributed by atoms with Gasteiger partial charge >= 0.3 is 0 Å². The maximum absolute atomic E-state index is 9.32. The van der Waals surface area contributed by atoms with Crippen molar-refractivity contribution in [1.29, 1.82) is 0 Å². The van der Waals surface area contributed by atoms with Crippen molar-refractivity contribution in [1.82, 2.24) is 0 Å². The van der Waals surface area contributed by atoms with E-state index in [0.29, 0.717) is 5.41 Å². The van der Waals surface area contributed by atoms with Gasteiger partial charge in [0.25, 0.3) is 0 Å². The van der Waals surface area contributed by atoms with Crippen molar-refractivity contribution in [3.05, 3.63) is 0 Å². The molecule has 0 saturated heterocycles. The van der Waals surface area contributed by atoms with Crippen molar-refractivity contribution in [2.75, 3.05) is 0 Å². The van der Waals surface area contributed by atoms with Gasteiger partial charge in [0.2, 0.25) is 0 Å². The first-order valence-electron chi connectivity index (χ1n) is 3.52. The average molecular weight is 112 g/mol. The van der Waals surface area contributed by atoms with Gasteiger partial charge in [-0.15, -0.1) is 0 Å². The molecule has 1 atom stereocenters. The van der Waals surface area contributed by atoms with Crippen LogP contribution in [0.1, 0.15) is 32.1 Å². The van der Waals surface area contributed by atoms with Gasteiger partial charge in [-0.2, -0.15) is 0 Å². The van der Waals surface area contributed by atoms with Gasteiger partial charge in [-0.3, -0.25) is 0 Å². The number of rotatable bonds is 0. The summed E-state index contributed by atoms with van der Waals surface area (Å²) >= 11 is 0. The molecule has 1 spiro atoms. The number of hydrogen-bond donors (Lipinski definition) is 1. The predicted octanol–water partition coefficient (Wildman–Crippen LogP) is 1.31. The molecule has 2 aliphatic carbocycles. The lowest BCUT2D eigenvalue weighted by Gasteiger charge is -2.09. The van der Waals surface area contributed by atoms with Crippen LogP contribution < -0.4 is 0 Å².